The number of rotatable bonds is 5. The Morgan fingerprint density at radius 1 is 0.971 bits per heavy atom. The molecule has 2 saturated heterocycles. The Balaban J connectivity index is 0.00000144. The molecule has 190 valence electrons. The number of aryl methyl sites for hydroxylation is 1. The van der Waals surface area contributed by atoms with Gasteiger partial charge in [-0.15, -0.1) is 24.8 Å². The summed E-state index contributed by atoms with van der Waals surface area (Å²) in [6, 6.07) is 9.17. The van der Waals surface area contributed by atoms with Crippen LogP contribution in [0.4, 0.5) is 0 Å². The van der Waals surface area contributed by atoms with Gasteiger partial charge in [-0.1, -0.05) is 6.07 Å². The van der Waals surface area contributed by atoms with Crippen molar-refractivity contribution in [3.05, 3.63) is 47.8 Å². The van der Waals surface area contributed by atoms with E-state index >= 15 is 0 Å². The van der Waals surface area contributed by atoms with Crippen LogP contribution in [0.15, 0.2) is 36.7 Å². The Kier molecular flexibility index (Phi) is 7.58. The van der Waals surface area contributed by atoms with Gasteiger partial charge in [0.05, 0.1) is 19.9 Å². The quantitative estimate of drug-likeness (QED) is 0.508. The van der Waals surface area contributed by atoms with Gasteiger partial charge in [0.25, 0.3) is 0 Å². The molecule has 2 aromatic heterocycles. The highest BCUT2D eigenvalue weighted by molar-refractivity contribution is 5.85. The fraction of sp³-hybridized carbons (Fsp3) is 0.519. The number of likely N-dealkylation sites (tertiary alicyclic amines) is 1. The number of benzene rings is 1. The van der Waals surface area contributed by atoms with Crippen LogP contribution in [0, 0.1) is 12.3 Å². The van der Waals surface area contributed by atoms with Gasteiger partial charge in [0.2, 0.25) is 0 Å². The van der Waals surface area contributed by atoms with Crippen LogP contribution in [0.5, 0.6) is 11.5 Å². The van der Waals surface area contributed by atoms with Crippen molar-refractivity contribution < 1.29 is 9.47 Å². The number of piperidine rings is 1. The number of methoxy groups -OCH3 is 2. The second kappa shape index (κ2) is 10.2. The molecule has 3 aliphatic rings. The predicted octanol–water partition coefficient (Wildman–Crippen LogP) is 5.10. The van der Waals surface area contributed by atoms with Crippen LogP contribution in [-0.4, -0.2) is 60.7 Å². The molecule has 0 bridgehead atoms. The van der Waals surface area contributed by atoms with Crippen LogP contribution in [0.1, 0.15) is 42.7 Å². The van der Waals surface area contributed by atoms with Gasteiger partial charge in [0, 0.05) is 37.1 Å². The molecule has 0 radical (unpaired) electrons. The third kappa shape index (κ3) is 4.62. The van der Waals surface area contributed by atoms with E-state index in [0.717, 1.165) is 34.4 Å². The maximum Gasteiger partial charge on any atom is 0.161 e. The van der Waals surface area contributed by atoms with Gasteiger partial charge in [-0.2, -0.15) is 0 Å². The van der Waals surface area contributed by atoms with E-state index in [2.05, 4.69) is 40.0 Å². The molecule has 1 aromatic carbocycles. The van der Waals surface area contributed by atoms with E-state index < -0.39 is 0 Å². The fourth-order valence-corrected chi connectivity index (χ4v) is 6.22. The van der Waals surface area contributed by atoms with Crippen LogP contribution < -0.4 is 14.8 Å². The number of ether oxygens (including phenoxy) is 2. The number of nitrogens with zero attached hydrogens (tertiary/aromatic N) is 3. The van der Waals surface area contributed by atoms with Crippen molar-refractivity contribution in [3.8, 4) is 22.8 Å². The van der Waals surface area contributed by atoms with Crippen LogP contribution in [0.25, 0.3) is 16.9 Å². The van der Waals surface area contributed by atoms with Crippen molar-refractivity contribution in [1.82, 2.24) is 19.6 Å². The van der Waals surface area contributed by atoms with Crippen molar-refractivity contribution in [1.29, 1.82) is 0 Å². The second-order valence-corrected chi connectivity index (χ2v) is 10.4. The number of aromatic nitrogens is 2. The first kappa shape index (κ1) is 26.1. The summed E-state index contributed by atoms with van der Waals surface area (Å²) < 4.78 is 13.1. The summed E-state index contributed by atoms with van der Waals surface area (Å²) in [4.78, 5) is 7.70. The van der Waals surface area contributed by atoms with E-state index in [1.54, 1.807) is 14.2 Å². The maximum absolute atomic E-state index is 5.49. The molecule has 1 spiro atoms. The van der Waals surface area contributed by atoms with E-state index in [-0.39, 0.29) is 24.8 Å². The summed E-state index contributed by atoms with van der Waals surface area (Å²) in [5.41, 5.74) is 6.36. The lowest BCUT2D eigenvalue weighted by Crippen LogP contribution is -2.65. The number of hydrogen-bond donors (Lipinski definition) is 1. The first-order valence-corrected chi connectivity index (χ1v) is 12.2. The monoisotopic (exact) mass is 518 g/mol. The highest BCUT2D eigenvalue weighted by Crippen LogP contribution is 2.47. The van der Waals surface area contributed by atoms with Gasteiger partial charge in [-0.25, -0.2) is 4.98 Å². The van der Waals surface area contributed by atoms with Gasteiger partial charge in [0.1, 0.15) is 5.65 Å². The SMILES string of the molecule is COc1ccc(-c2cn3cc(C4CCN(C5CC6(CNC6)C5)CC4)cc(C)c3n2)cc1OC.Cl.Cl. The lowest BCUT2D eigenvalue weighted by atomic mass is 9.61. The Labute approximate surface area is 220 Å². The summed E-state index contributed by atoms with van der Waals surface area (Å²) in [5.74, 6) is 2.09. The van der Waals surface area contributed by atoms with Crippen molar-refractivity contribution in [2.24, 2.45) is 5.41 Å². The van der Waals surface area contributed by atoms with Crippen LogP contribution in [0.3, 0.4) is 0 Å². The summed E-state index contributed by atoms with van der Waals surface area (Å²) in [5, 5.41) is 3.46. The van der Waals surface area contributed by atoms with E-state index in [4.69, 9.17) is 14.5 Å². The molecule has 0 amide bonds. The van der Waals surface area contributed by atoms with Crippen molar-refractivity contribution in [3.63, 3.8) is 0 Å². The number of nitrogens with one attached hydrogen (secondary N) is 1. The Bertz CT molecular complexity index is 1180. The molecule has 1 N–H and O–H groups in total. The van der Waals surface area contributed by atoms with Gasteiger partial charge < -0.3 is 24.1 Å². The summed E-state index contributed by atoms with van der Waals surface area (Å²) in [7, 11) is 3.33. The molecule has 4 heterocycles. The Hall–Kier alpha value is -1.99. The summed E-state index contributed by atoms with van der Waals surface area (Å²) >= 11 is 0. The summed E-state index contributed by atoms with van der Waals surface area (Å²) in [6.45, 7) is 7.14. The molecule has 8 heteroatoms. The van der Waals surface area contributed by atoms with E-state index in [1.165, 1.54) is 63.0 Å². The van der Waals surface area contributed by atoms with Crippen molar-refractivity contribution in [2.75, 3.05) is 40.4 Å². The lowest BCUT2D eigenvalue weighted by molar-refractivity contribution is -0.0432. The summed E-state index contributed by atoms with van der Waals surface area (Å²) in [6.07, 6.45) is 9.77. The van der Waals surface area contributed by atoms with E-state index in [1.807, 2.05) is 18.2 Å². The molecular weight excluding hydrogens is 483 g/mol. The number of halogens is 2. The topological polar surface area (TPSA) is 51.0 Å². The number of hydrogen-bond acceptors (Lipinski definition) is 5. The van der Waals surface area contributed by atoms with Crippen LogP contribution in [-0.2, 0) is 0 Å². The largest absolute Gasteiger partial charge is 0.493 e. The van der Waals surface area contributed by atoms with E-state index in [9.17, 15) is 0 Å². The average Bonchev–Trinajstić information content (AvgIpc) is 3.22. The highest BCUT2D eigenvalue weighted by Gasteiger charge is 2.50. The fourth-order valence-electron chi connectivity index (χ4n) is 6.22. The smallest absolute Gasteiger partial charge is 0.161 e. The molecule has 2 aliphatic heterocycles. The van der Waals surface area contributed by atoms with Crippen LogP contribution in [0.2, 0.25) is 0 Å². The van der Waals surface area contributed by atoms with Gasteiger partial charge in [0.15, 0.2) is 11.5 Å². The molecule has 3 aromatic rings. The maximum atomic E-state index is 5.49. The zero-order valence-corrected chi connectivity index (χ0v) is 22.4. The predicted molar refractivity (Wildman–Crippen MR) is 145 cm³/mol. The Morgan fingerprint density at radius 3 is 2.31 bits per heavy atom. The minimum Gasteiger partial charge on any atom is -0.493 e. The minimum absolute atomic E-state index is 0. The third-order valence-corrected chi connectivity index (χ3v) is 8.29. The average molecular weight is 520 g/mol. The van der Waals surface area contributed by atoms with Crippen molar-refractivity contribution in [2.45, 2.75) is 44.6 Å². The van der Waals surface area contributed by atoms with Gasteiger partial charge >= 0.3 is 0 Å². The first-order chi connectivity index (χ1) is 16.1. The molecular formula is C27H36Cl2N4O2. The molecule has 3 fully saturated rings. The minimum atomic E-state index is 0. The number of fused-ring (bicyclic) bond motifs is 1. The number of pyridine rings is 1. The zero-order valence-electron chi connectivity index (χ0n) is 20.8. The van der Waals surface area contributed by atoms with E-state index in [0.29, 0.717) is 11.3 Å². The number of imidazole rings is 1. The zero-order chi connectivity index (χ0) is 22.6. The van der Waals surface area contributed by atoms with Crippen LogP contribution >= 0.6 is 24.8 Å². The lowest BCUT2D eigenvalue weighted by Gasteiger charge is -2.58. The second-order valence-electron chi connectivity index (χ2n) is 10.4. The highest BCUT2D eigenvalue weighted by atomic mass is 35.5. The molecule has 6 rings (SSSR count). The normalized spacial score (nSPS) is 20.0. The molecule has 6 nitrogen and oxygen atoms in total. The third-order valence-electron chi connectivity index (χ3n) is 8.29. The van der Waals surface area contributed by atoms with Gasteiger partial charge in [-0.3, -0.25) is 0 Å². The standard InChI is InChI=1S/C27H34N4O2.2ClH/c1-18-10-21(19-6-8-30(9-7-19)22-12-27(13-22)16-28-17-27)14-31-15-23(29-26(18)31)20-4-5-24(32-2)25(11-20)33-3;;/h4-5,10-11,14-15,19,22,28H,6-9,12-13,16-17H2,1-3H3;2*1H. The molecule has 0 unspecified atom stereocenters. The Morgan fingerprint density at radius 2 is 1.69 bits per heavy atom. The molecule has 1 saturated carbocycles. The first-order valence-electron chi connectivity index (χ1n) is 12.2. The van der Waals surface area contributed by atoms with Crippen molar-refractivity contribution >= 4 is 30.5 Å². The molecule has 35 heavy (non-hydrogen) atoms. The molecule has 1 aliphatic carbocycles. The van der Waals surface area contributed by atoms with Gasteiger partial charge in [-0.05, 0) is 86.4 Å². The molecule has 0 atom stereocenters.